The first-order chi connectivity index (χ1) is 25.7. The SMILES string of the molecule is CCCCCCCCn1c2cc(/C=C/c3cc4sccc4s3)ccc2c2ccc3c(ccc4c5ccc(/C=C/c6cc7sccc7s6)cc5sc43)c21. The van der Waals surface area contributed by atoms with Crippen LogP contribution in [0.15, 0.2) is 95.7 Å². The molecular weight excluding hydrogens is 727 g/mol. The van der Waals surface area contributed by atoms with E-state index in [4.69, 9.17) is 0 Å². The Morgan fingerprint density at radius 1 is 0.481 bits per heavy atom. The third-order valence-electron chi connectivity index (χ3n) is 10.4. The van der Waals surface area contributed by atoms with Gasteiger partial charge in [-0.15, -0.1) is 56.7 Å². The highest BCUT2D eigenvalue weighted by Gasteiger charge is 2.17. The van der Waals surface area contributed by atoms with Crippen LogP contribution in [0.1, 0.15) is 66.3 Å². The molecule has 0 unspecified atom stereocenters. The first-order valence-electron chi connectivity index (χ1n) is 18.3. The molecule has 0 fully saturated rings. The molecule has 0 aliphatic heterocycles. The number of nitrogens with zero attached hydrogens (tertiary/aromatic N) is 1. The Kier molecular flexibility index (Phi) is 8.61. The minimum Gasteiger partial charge on any atom is -0.340 e. The summed E-state index contributed by atoms with van der Waals surface area (Å²) >= 11 is 9.34. The highest BCUT2D eigenvalue weighted by molar-refractivity contribution is 7.28. The van der Waals surface area contributed by atoms with Gasteiger partial charge in [0.25, 0.3) is 0 Å². The summed E-state index contributed by atoms with van der Waals surface area (Å²) in [4.78, 5) is 2.63. The summed E-state index contributed by atoms with van der Waals surface area (Å²) in [6.07, 6.45) is 16.9. The van der Waals surface area contributed by atoms with E-state index < -0.39 is 0 Å². The summed E-state index contributed by atoms with van der Waals surface area (Å²) in [5, 5.41) is 12.5. The number of aryl methyl sites for hydroxylation is 1. The predicted octanol–water partition coefficient (Wildman–Crippen LogP) is 16.6. The summed E-state index contributed by atoms with van der Waals surface area (Å²) in [6.45, 7) is 3.34. The summed E-state index contributed by atoms with van der Waals surface area (Å²) in [6, 6.07) is 32.7. The molecular formula is C46H37NS5. The lowest BCUT2D eigenvalue weighted by Gasteiger charge is -2.10. The van der Waals surface area contributed by atoms with E-state index in [0.29, 0.717) is 0 Å². The van der Waals surface area contributed by atoms with Crippen molar-refractivity contribution >= 4 is 153 Å². The van der Waals surface area contributed by atoms with Gasteiger partial charge in [-0.1, -0.05) is 99.7 Å². The van der Waals surface area contributed by atoms with Crippen LogP contribution in [0.5, 0.6) is 0 Å². The second kappa shape index (κ2) is 13.7. The quantitative estimate of drug-likeness (QED) is 0.116. The Balaban J connectivity index is 1.06. The third-order valence-corrected chi connectivity index (χ3v) is 15.8. The lowest BCUT2D eigenvalue weighted by molar-refractivity contribution is 0.571. The Morgan fingerprint density at radius 3 is 1.75 bits per heavy atom. The number of hydrogen-bond acceptors (Lipinski definition) is 5. The number of rotatable bonds is 11. The molecule has 0 aliphatic rings. The van der Waals surface area contributed by atoms with E-state index in [-0.39, 0.29) is 0 Å². The van der Waals surface area contributed by atoms with E-state index in [2.05, 4.69) is 131 Å². The fourth-order valence-electron chi connectivity index (χ4n) is 7.85. The van der Waals surface area contributed by atoms with Gasteiger partial charge >= 0.3 is 0 Å². The van der Waals surface area contributed by atoms with Crippen LogP contribution < -0.4 is 0 Å². The van der Waals surface area contributed by atoms with Crippen LogP contribution in [0.3, 0.4) is 0 Å². The molecule has 256 valence electrons. The number of unbranched alkanes of at least 4 members (excludes halogenated alkanes) is 5. The average molecular weight is 764 g/mol. The van der Waals surface area contributed by atoms with Crippen molar-refractivity contribution < 1.29 is 0 Å². The number of aromatic nitrogens is 1. The Bertz CT molecular complexity index is 2910. The minimum absolute atomic E-state index is 1.04. The molecule has 0 spiro atoms. The number of thiophene rings is 5. The average Bonchev–Trinajstić information content (AvgIpc) is 4.01. The van der Waals surface area contributed by atoms with Crippen LogP contribution in [-0.2, 0) is 6.54 Å². The fraction of sp³-hybridized carbons (Fsp3) is 0.174. The molecule has 52 heavy (non-hydrogen) atoms. The molecule has 0 radical (unpaired) electrons. The van der Waals surface area contributed by atoms with E-state index >= 15 is 0 Å². The molecule has 0 saturated heterocycles. The monoisotopic (exact) mass is 763 g/mol. The second-order valence-corrected chi connectivity index (χ2v) is 19.0. The Hall–Kier alpha value is -4.04. The number of benzene rings is 4. The minimum atomic E-state index is 1.04. The Morgan fingerprint density at radius 2 is 1.06 bits per heavy atom. The van der Waals surface area contributed by atoms with Gasteiger partial charge in [-0.3, -0.25) is 0 Å². The van der Waals surface area contributed by atoms with E-state index in [1.807, 2.05) is 56.7 Å². The molecule has 10 rings (SSSR count). The zero-order valence-corrected chi connectivity index (χ0v) is 33.1. The van der Waals surface area contributed by atoms with Gasteiger partial charge in [-0.05, 0) is 76.9 Å². The topological polar surface area (TPSA) is 4.93 Å². The van der Waals surface area contributed by atoms with Crippen LogP contribution in [0.2, 0.25) is 0 Å². The number of hydrogen-bond donors (Lipinski definition) is 0. The zero-order chi connectivity index (χ0) is 34.6. The molecule has 0 atom stereocenters. The Labute approximate surface area is 323 Å². The van der Waals surface area contributed by atoms with E-state index in [1.165, 1.54) is 131 Å². The van der Waals surface area contributed by atoms with Gasteiger partial charge in [-0.25, -0.2) is 0 Å². The van der Waals surface area contributed by atoms with Gasteiger partial charge < -0.3 is 4.57 Å². The lowest BCUT2D eigenvalue weighted by atomic mass is 10.0. The molecule has 6 heteroatoms. The molecule has 0 N–H and O–H groups in total. The molecule has 1 nitrogen and oxygen atoms in total. The molecule has 10 aromatic rings. The molecule has 4 aromatic carbocycles. The van der Waals surface area contributed by atoms with Gasteiger partial charge in [0.1, 0.15) is 0 Å². The summed E-state index contributed by atoms with van der Waals surface area (Å²) < 4.78 is 10.9. The van der Waals surface area contributed by atoms with Crippen LogP contribution in [0, 0.1) is 0 Å². The van der Waals surface area contributed by atoms with Gasteiger partial charge in [0.2, 0.25) is 0 Å². The summed E-state index contributed by atoms with van der Waals surface area (Å²) in [5.74, 6) is 0. The summed E-state index contributed by atoms with van der Waals surface area (Å²) in [7, 11) is 0. The van der Waals surface area contributed by atoms with Gasteiger partial charge in [0.05, 0.1) is 5.52 Å². The van der Waals surface area contributed by atoms with Gasteiger partial charge in [-0.2, -0.15) is 0 Å². The first-order valence-corrected chi connectivity index (χ1v) is 22.6. The molecule has 0 amide bonds. The van der Waals surface area contributed by atoms with E-state index in [1.54, 1.807) is 0 Å². The molecule has 6 aromatic heterocycles. The highest BCUT2D eigenvalue weighted by atomic mass is 32.1. The van der Waals surface area contributed by atoms with Gasteiger partial charge in [0, 0.05) is 82.3 Å². The maximum atomic E-state index is 2.65. The van der Waals surface area contributed by atoms with Crippen LogP contribution >= 0.6 is 56.7 Å². The smallest absolute Gasteiger partial charge is 0.0571 e. The van der Waals surface area contributed by atoms with Crippen molar-refractivity contribution in [3.63, 3.8) is 0 Å². The normalized spacial score (nSPS) is 12.7. The van der Waals surface area contributed by atoms with Crippen LogP contribution in [0.4, 0.5) is 0 Å². The van der Waals surface area contributed by atoms with Crippen molar-refractivity contribution in [3.05, 3.63) is 117 Å². The summed E-state index contributed by atoms with van der Waals surface area (Å²) in [5.41, 5.74) is 5.25. The van der Waals surface area contributed by atoms with Crippen molar-refractivity contribution in [2.75, 3.05) is 0 Å². The van der Waals surface area contributed by atoms with Crippen molar-refractivity contribution in [3.8, 4) is 0 Å². The zero-order valence-electron chi connectivity index (χ0n) is 29.0. The molecule has 0 saturated carbocycles. The molecule has 0 aliphatic carbocycles. The fourth-order valence-corrected chi connectivity index (χ4v) is 13.2. The number of fused-ring (bicyclic) bond motifs is 11. The van der Waals surface area contributed by atoms with Crippen molar-refractivity contribution in [2.24, 2.45) is 0 Å². The van der Waals surface area contributed by atoms with Crippen molar-refractivity contribution in [2.45, 2.75) is 52.0 Å². The van der Waals surface area contributed by atoms with Crippen LogP contribution in [0.25, 0.3) is 95.9 Å². The van der Waals surface area contributed by atoms with E-state index in [9.17, 15) is 0 Å². The first kappa shape index (κ1) is 32.6. The third kappa shape index (κ3) is 5.86. The second-order valence-electron chi connectivity index (χ2n) is 13.8. The van der Waals surface area contributed by atoms with Gasteiger partial charge in [0.15, 0.2) is 0 Å². The molecule has 6 heterocycles. The predicted molar refractivity (Wildman–Crippen MR) is 240 cm³/mol. The lowest BCUT2D eigenvalue weighted by Crippen LogP contribution is -1.98. The maximum absolute atomic E-state index is 2.65. The highest BCUT2D eigenvalue weighted by Crippen LogP contribution is 2.43. The largest absolute Gasteiger partial charge is 0.340 e. The maximum Gasteiger partial charge on any atom is 0.0571 e. The standard InChI is InChI=1S/C46H37NS5/c1-2-3-4-5-6-7-22-47-39-25-29(8-12-31-27-43-40(50-31)20-23-48-43)10-14-33(39)35-16-19-38-36(45(35)47)17-18-37-34-15-11-30(26-42(34)52-46(37)38)9-13-32-28-44-41(51-32)21-24-49-44/h8-21,23-28H,2-7,22H2,1H3/b12-8+,13-9+. The van der Waals surface area contributed by atoms with Crippen LogP contribution in [-0.4, -0.2) is 4.57 Å². The van der Waals surface area contributed by atoms with Crippen molar-refractivity contribution in [1.82, 2.24) is 4.57 Å². The van der Waals surface area contributed by atoms with Crippen molar-refractivity contribution in [1.29, 1.82) is 0 Å². The van der Waals surface area contributed by atoms with E-state index in [0.717, 1.165) is 6.54 Å². The molecule has 0 bridgehead atoms.